The number of halogens is 1. The van der Waals surface area contributed by atoms with E-state index in [9.17, 15) is 0 Å². The third kappa shape index (κ3) is 2.99. The van der Waals surface area contributed by atoms with Crippen molar-refractivity contribution < 1.29 is 0 Å². The molecule has 0 aromatic heterocycles. The molecule has 2 heteroatoms. The summed E-state index contributed by atoms with van der Waals surface area (Å²) < 4.78 is 0. The lowest BCUT2D eigenvalue weighted by Gasteiger charge is -2.29. The normalized spacial score (nSPS) is 18.1. The Morgan fingerprint density at radius 3 is 2.69 bits per heavy atom. The highest BCUT2D eigenvalue weighted by molar-refractivity contribution is 6.31. The van der Waals surface area contributed by atoms with Gasteiger partial charge < -0.3 is 5.32 Å². The van der Waals surface area contributed by atoms with Crippen molar-refractivity contribution in [2.45, 2.75) is 38.1 Å². The van der Waals surface area contributed by atoms with Crippen LogP contribution in [0.5, 0.6) is 0 Å². The zero-order valence-corrected chi connectivity index (χ0v) is 10.6. The molecule has 88 valence electrons. The second-order valence-corrected chi connectivity index (χ2v) is 5.22. The molecule has 0 spiro atoms. The molecule has 16 heavy (non-hydrogen) atoms. The maximum atomic E-state index is 6.18. The molecule has 0 amide bonds. The number of rotatable bonds is 5. The molecule has 1 saturated carbocycles. The summed E-state index contributed by atoms with van der Waals surface area (Å²) in [5, 5.41) is 4.32. The van der Waals surface area contributed by atoms with Crippen LogP contribution in [0.15, 0.2) is 24.3 Å². The highest BCUT2D eigenvalue weighted by Crippen LogP contribution is 2.31. The molecule has 1 fully saturated rings. The topological polar surface area (TPSA) is 12.0 Å². The quantitative estimate of drug-likeness (QED) is 0.824. The lowest BCUT2D eigenvalue weighted by molar-refractivity contribution is 0.263. The molecular formula is C14H20ClN. The number of hydrogen-bond donors (Lipinski definition) is 1. The van der Waals surface area contributed by atoms with Crippen molar-refractivity contribution in [3.63, 3.8) is 0 Å². The van der Waals surface area contributed by atoms with Crippen LogP contribution in [0.25, 0.3) is 0 Å². The van der Waals surface area contributed by atoms with Crippen LogP contribution in [0.1, 0.15) is 31.2 Å². The number of hydrogen-bond acceptors (Lipinski definition) is 1. The molecule has 1 unspecified atom stereocenters. The fraction of sp³-hybridized carbons (Fsp3) is 0.571. The fourth-order valence-electron chi connectivity index (χ4n) is 2.36. The molecule has 1 nitrogen and oxygen atoms in total. The summed E-state index contributed by atoms with van der Waals surface area (Å²) in [6.07, 6.45) is 6.60. The largest absolute Gasteiger partial charge is 0.317 e. The van der Waals surface area contributed by atoms with Crippen molar-refractivity contribution >= 4 is 11.6 Å². The lowest BCUT2D eigenvalue weighted by Crippen LogP contribution is -2.32. The molecule has 1 aliphatic carbocycles. The van der Waals surface area contributed by atoms with Gasteiger partial charge in [0.1, 0.15) is 0 Å². The second-order valence-electron chi connectivity index (χ2n) is 4.81. The minimum Gasteiger partial charge on any atom is -0.317 e. The number of likely N-dealkylation sites (N-methyl/N-ethyl adjacent to an activating group) is 1. The van der Waals surface area contributed by atoms with Crippen LogP contribution in [-0.4, -0.2) is 13.1 Å². The smallest absolute Gasteiger partial charge is 0.0438 e. The summed E-state index contributed by atoms with van der Waals surface area (Å²) in [6, 6.07) is 8.74. The molecule has 0 saturated heterocycles. The minimum absolute atomic E-state index is 0.574. The van der Waals surface area contributed by atoms with Gasteiger partial charge in [0.05, 0.1) is 0 Å². The van der Waals surface area contributed by atoms with E-state index in [1.807, 2.05) is 12.1 Å². The molecule has 1 aromatic rings. The number of benzene rings is 1. The van der Waals surface area contributed by atoms with Crippen molar-refractivity contribution in [3.8, 4) is 0 Å². The predicted octanol–water partition coefficient (Wildman–Crippen LogP) is 3.66. The second kappa shape index (κ2) is 5.70. The first kappa shape index (κ1) is 11.9. The average Bonchev–Trinajstić information content (AvgIpc) is 2.24. The summed E-state index contributed by atoms with van der Waals surface area (Å²) >= 11 is 6.18. The minimum atomic E-state index is 0.574. The van der Waals surface area contributed by atoms with Gasteiger partial charge in [-0.15, -0.1) is 0 Å². The van der Waals surface area contributed by atoms with Gasteiger partial charge in [-0.05, 0) is 37.4 Å². The van der Waals surface area contributed by atoms with Crippen LogP contribution in [0, 0.1) is 5.92 Å². The Hall–Kier alpha value is -0.530. The van der Waals surface area contributed by atoms with E-state index >= 15 is 0 Å². The Labute approximate surface area is 103 Å². The lowest BCUT2D eigenvalue weighted by atomic mass is 9.80. The van der Waals surface area contributed by atoms with Gasteiger partial charge in [-0.1, -0.05) is 49.1 Å². The van der Waals surface area contributed by atoms with Crippen molar-refractivity contribution in [3.05, 3.63) is 34.9 Å². The molecule has 0 bridgehead atoms. The first-order chi connectivity index (χ1) is 7.79. The zero-order valence-electron chi connectivity index (χ0n) is 9.88. The monoisotopic (exact) mass is 237 g/mol. The van der Waals surface area contributed by atoms with Gasteiger partial charge in [-0.2, -0.15) is 0 Å². The van der Waals surface area contributed by atoms with E-state index < -0.39 is 0 Å². The summed E-state index contributed by atoms with van der Waals surface area (Å²) in [5.74, 6) is 0.944. The Bertz CT molecular complexity index is 333. The van der Waals surface area contributed by atoms with E-state index in [-0.39, 0.29) is 0 Å². The van der Waals surface area contributed by atoms with Crippen molar-refractivity contribution in [1.82, 2.24) is 5.32 Å². The van der Waals surface area contributed by atoms with Crippen molar-refractivity contribution in [2.75, 3.05) is 7.05 Å². The molecule has 2 rings (SSSR count). The Morgan fingerprint density at radius 1 is 1.38 bits per heavy atom. The molecule has 0 heterocycles. The molecular weight excluding hydrogens is 218 g/mol. The molecule has 1 aromatic carbocycles. The van der Waals surface area contributed by atoms with Gasteiger partial charge in [-0.25, -0.2) is 0 Å². The van der Waals surface area contributed by atoms with Crippen LogP contribution in [0.4, 0.5) is 0 Å². The van der Waals surface area contributed by atoms with Crippen LogP contribution in [-0.2, 0) is 6.42 Å². The SMILES string of the molecule is CNC(Cc1ccccc1Cl)CC1CCC1. The fourth-order valence-corrected chi connectivity index (χ4v) is 2.58. The van der Waals surface area contributed by atoms with E-state index in [1.165, 1.54) is 31.2 Å². The first-order valence-electron chi connectivity index (χ1n) is 6.20. The van der Waals surface area contributed by atoms with Crippen LogP contribution >= 0.6 is 11.6 Å². The Balaban J connectivity index is 1.92. The van der Waals surface area contributed by atoms with E-state index in [1.54, 1.807) is 0 Å². The summed E-state index contributed by atoms with van der Waals surface area (Å²) in [5.41, 5.74) is 1.27. The van der Waals surface area contributed by atoms with Gasteiger partial charge in [0.15, 0.2) is 0 Å². The summed E-state index contributed by atoms with van der Waals surface area (Å²) in [7, 11) is 2.06. The van der Waals surface area contributed by atoms with E-state index in [0.717, 1.165) is 17.4 Å². The third-order valence-corrected chi connectivity index (χ3v) is 4.04. The highest BCUT2D eigenvalue weighted by atomic mass is 35.5. The maximum Gasteiger partial charge on any atom is 0.0438 e. The van der Waals surface area contributed by atoms with Crippen molar-refractivity contribution in [1.29, 1.82) is 0 Å². The summed E-state index contributed by atoms with van der Waals surface area (Å²) in [4.78, 5) is 0. The summed E-state index contributed by atoms with van der Waals surface area (Å²) in [6.45, 7) is 0. The standard InChI is InChI=1S/C14H20ClN/c1-16-13(9-11-5-4-6-11)10-12-7-2-3-8-14(12)15/h2-3,7-8,11,13,16H,4-6,9-10H2,1H3. The molecule has 1 N–H and O–H groups in total. The van der Waals surface area contributed by atoms with Crippen molar-refractivity contribution in [2.24, 2.45) is 5.92 Å². The van der Waals surface area contributed by atoms with E-state index in [2.05, 4.69) is 24.5 Å². The van der Waals surface area contributed by atoms with Crippen LogP contribution in [0.2, 0.25) is 5.02 Å². The highest BCUT2D eigenvalue weighted by Gasteiger charge is 2.21. The molecule has 1 aliphatic rings. The Kier molecular flexibility index (Phi) is 4.25. The van der Waals surface area contributed by atoms with Gasteiger partial charge in [0.2, 0.25) is 0 Å². The third-order valence-electron chi connectivity index (χ3n) is 3.67. The first-order valence-corrected chi connectivity index (χ1v) is 6.58. The Morgan fingerprint density at radius 2 is 2.12 bits per heavy atom. The van der Waals surface area contributed by atoms with Crippen LogP contribution < -0.4 is 5.32 Å². The van der Waals surface area contributed by atoms with Gasteiger partial charge in [0.25, 0.3) is 0 Å². The van der Waals surface area contributed by atoms with Crippen LogP contribution in [0.3, 0.4) is 0 Å². The molecule has 0 aliphatic heterocycles. The van der Waals surface area contributed by atoms with E-state index in [0.29, 0.717) is 6.04 Å². The van der Waals surface area contributed by atoms with Gasteiger partial charge in [-0.3, -0.25) is 0 Å². The number of nitrogens with one attached hydrogen (secondary N) is 1. The van der Waals surface area contributed by atoms with Gasteiger partial charge >= 0.3 is 0 Å². The van der Waals surface area contributed by atoms with Gasteiger partial charge in [0, 0.05) is 11.1 Å². The predicted molar refractivity (Wildman–Crippen MR) is 70.0 cm³/mol. The molecule has 0 radical (unpaired) electrons. The maximum absolute atomic E-state index is 6.18. The molecule has 1 atom stereocenters. The van der Waals surface area contributed by atoms with E-state index in [4.69, 9.17) is 11.6 Å². The average molecular weight is 238 g/mol. The zero-order chi connectivity index (χ0) is 11.4.